The molecule has 0 atom stereocenters. The van der Waals surface area contributed by atoms with Gasteiger partial charge in [-0.05, 0) is 12.5 Å². The van der Waals surface area contributed by atoms with E-state index in [0.717, 1.165) is 35.0 Å². The third kappa shape index (κ3) is 3.25. The van der Waals surface area contributed by atoms with E-state index in [-0.39, 0.29) is 11.7 Å². The third-order valence-electron chi connectivity index (χ3n) is 3.74. The molecule has 0 bridgehead atoms. The highest BCUT2D eigenvalue weighted by molar-refractivity contribution is 7.99. The Morgan fingerprint density at radius 1 is 1.27 bits per heavy atom. The summed E-state index contributed by atoms with van der Waals surface area (Å²) in [4.78, 5) is 16.6. The fourth-order valence-electron chi connectivity index (χ4n) is 2.71. The van der Waals surface area contributed by atoms with Crippen molar-refractivity contribution in [2.75, 3.05) is 11.1 Å². The number of benzene rings is 1. The number of hydrogen-bond donors (Lipinski definition) is 1. The van der Waals surface area contributed by atoms with Gasteiger partial charge in [0.15, 0.2) is 5.65 Å². The number of fused-ring (bicyclic) bond motifs is 3. The summed E-state index contributed by atoms with van der Waals surface area (Å²) in [6.45, 7) is 2.98. The molecule has 0 aliphatic rings. The maximum atomic E-state index is 12.0. The number of anilines is 1. The maximum Gasteiger partial charge on any atom is 0.236 e. The van der Waals surface area contributed by atoms with Gasteiger partial charge >= 0.3 is 0 Å². The molecule has 0 spiro atoms. The number of nitrogens with zero attached hydrogens (tertiary/aromatic N) is 6. The van der Waals surface area contributed by atoms with Gasteiger partial charge in [0.1, 0.15) is 11.0 Å². The van der Waals surface area contributed by atoms with Gasteiger partial charge in [0.05, 0.1) is 11.3 Å². The van der Waals surface area contributed by atoms with Gasteiger partial charge in [-0.25, -0.2) is 4.98 Å². The van der Waals surface area contributed by atoms with Gasteiger partial charge in [-0.1, -0.05) is 48.2 Å². The van der Waals surface area contributed by atoms with Crippen molar-refractivity contribution in [2.24, 2.45) is 0 Å². The van der Waals surface area contributed by atoms with E-state index < -0.39 is 0 Å². The Morgan fingerprint density at radius 2 is 2.15 bits per heavy atom. The lowest BCUT2D eigenvalue weighted by atomic mass is 10.2. The Hall–Kier alpha value is -2.59. The summed E-state index contributed by atoms with van der Waals surface area (Å²) in [5.74, 6) is 0.00498. The number of amides is 1. The second kappa shape index (κ2) is 7.34. The predicted octanol–water partition coefficient (Wildman–Crippen LogP) is 2.97. The second-order valence-corrected chi connectivity index (χ2v) is 7.29. The molecule has 0 aliphatic carbocycles. The molecule has 0 fully saturated rings. The number of aromatic nitrogens is 6. The lowest BCUT2D eigenvalue weighted by molar-refractivity contribution is -0.113. The summed E-state index contributed by atoms with van der Waals surface area (Å²) in [6, 6.07) is 8.09. The molecule has 4 aromatic rings. The predicted molar refractivity (Wildman–Crippen MR) is 102 cm³/mol. The van der Waals surface area contributed by atoms with Crippen molar-refractivity contribution in [1.29, 1.82) is 0 Å². The van der Waals surface area contributed by atoms with Crippen molar-refractivity contribution in [1.82, 2.24) is 29.9 Å². The van der Waals surface area contributed by atoms with E-state index in [0.29, 0.717) is 10.3 Å². The van der Waals surface area contributed by atoms with Crippen molar-refractivity contribution in [3.05, 3.63) is 29.8 Å². The summed E-state index contributed by atoms with van der Waals surface area (Å²) in [6.07, 6.45) is 0.991. The monoisotopic (exact) mass is 385 g/mol. The first kappa shape index (κ1) is 16.9. The summed E-state index contributed by atoms with van der Waals surface area (Å²) >= 11 is 2.52. The molecule has 8 nitrogen and oxygen atoms in total. The molecular weight excluding hydrogens is 370 g/mol. The number of para-hydroxylation sites is 1. The van der Waals surface area contributed by atoms with Gasteiger partial charge in [-0.3, -0.25) is 10.1 Å². The lowest BCUT2D eigenvalue weighted by Crippen LogP contribution is -2.14. The Bertz CT molecular complexity index is 1060. The quantitative estimate of drug-likeness (QED) is 0.509. The topological polar surface area (TPSA) is 98.5 Å². The fourth-order valence-corrected chi connectivity index (χ4v) is 3.76. The minimum absolute atomic E-state index is 0.176. The first-order valence-corrected chi connectivity index (χ1v) is 9.93. The Kier molecular flexibility index (Phi) is 4.76. The van der Waals surface area contributed by atoms with Crippen LogP contribution < -0.4 is 5.32 Å². The number of nitrogens with one attached hydrogen (secondary N) is 1. The van der Waals surface area contributed by atoms with Gasteiger partial charge in [-0.15, -0.1) is 20.4 Å². The van der Waals surface area contributed by atoms with Crippen LogP contribution in [0.2, 0.25) is 0 Å². The molecule has 0 saturated carbocycles. The molecule has 10 heteroatoms. The van der Waals surface area contributed by atoms with Crippen LogP contribution in [0, 0.1) is 0 Å². The molecule has 0 radical (unpaired) electrons. The molecule has 0 saturated heterocycles. The highest BCUT2D eigenvalue weighted by atomic mass is 32.2. The molecule has 132 valence electrons. The molecule has 0 unspecified atom stereocenters. The third-order valence-corrected chi connectivity index (χ3v) is 5.18. The summed E-state index contributed by atoms with van der Waals surface area (Å²) < 4.78 is 2.16. The van der Waals surface area contributed by atoms with Gasteiger partial charge in [0.2, 0.25) is 16.2 Å². The zero-order valence-electron chi connectivity index (χ0n) is 13.9. The molecule has 1 aromatic carbocycles. The standard InChI is InChI=1S/C16H15N7OS2/c1-2-7-23-11-6-4-3-5-10(11)13-14(23)19-16(22-20-13)25-8-12(24)18-15-21-17-9-26-15/h3-6,9H,2,7-8H2,1H3,(H,18,21,24). The van der Waals surface area contributed by atoms with Crippen LogP contribution in [0.3, 0.4) is 0 Å². The molecule has 3 aromatic heterocycles. The number of aryl methyl sites for hydroxylation is 1. The zero-order chi connectivity index (χ0) is 17.9. The van der Waals surface area contributed by atoms with Crippen LogP contribution in [0.5, 0.6) is 0 Å². The number of thioether (sulfide) groups is 1. The first-order chi connectivity index (χ1) is 12.8. The minimum atomic E-state index is -0.176. The van der Waals surface area contributed by atoms with Crippen molar-refractivity contribution < 1.29 is 4.79 Å². The number of rotatable bonds is 6. The SMILES string of the molecule is CCCn1c2ccccc2c2nnc(SCC(=O)Nc3nncs3)nc21. The van der Waals surface area contributed by atoms with E-state index in [2.05, 4.69) is 48.3 Å². The number of hydrogen-bond acceptors (Lipinski definition) is 8. The van der Waals surface area contributed by atoms with Gasteiger partial charge in [0.25, 0.3) is 0 Å². The number of carbonyl (C=O) groups excluding carboxylic acids is 1. The van der Waals surface area contributed by atoms with E-state index in [1.54, 1.807) is 5.51 Å². The normalized spacial score (nSPS) is 11.3. The van der Waals surface area contributed by atoms with Crippen LogP contribution >= 0.6 is 23.1 Å². The minimum Gasteiger partial charge on any atom is -0.324 e. The zero-order valence-corrected chi connectivity index (χ0v) is 15.5. The van der Waals surface area contributed by atoms with Crippen molar-refractivity contribution in [3.8, 4) is 0 Å². The highest BCUT2D eigenvalue weighted by Crippen LogP contribution is 2.27. The Morgan fingerprint density at radius 3 is 2.96 bits per heavy atom. The van der Waals surface area contributed by atoms with Gasteiger partial charge in [-0.2, -0.15) is 0 Å². The summed E-state index contributed by atoms with van der Waals surface area (Å²) in [5.41, 5.74) is 4.25. The molecular formula is C16H15N7OS2. The van der Waals surface area contributed by atoms with E-state index >= 15 is 0 Å². The first-order valence-electron chi connectivity index (χ1n) is 8.06. The van der Waals surface area contributed by atoms with E-state index in [1.807, 2.05) is 18.2 Å². The smallest absolute Gasteiger partial charge is 0.236 e. The number of carbonyl (C=O) groups is 1. The van der Waals surface area contributed by atoms with Crippen LogP contribution in [-0.4, -0.2) is 41.6 Å². The summed E-state index contributed by atoms with van der Waals surface area (Å²) in [5, 5.41) is 20.7. The molecule has 4 rings (SSSR count). The van der Waals surface area contributed by atoms with E-state index in [9.17, 15) is 4.79 Å². The average Bonchev–Trinajstić information content (AvgIpc) is 3.27. The molecule has 1 amide bonds. The molecule has 1 N–H and O–H groups in total. The van der Waals surface area contributed by atoms with Crippen LogP contribution in [-0.2, 0) is 11.3 Å². The van der Waals surface area contributed by atoms with Crippen molar-refractivity contribution in [3.63, 3.8) is 0 Å². The second-order valence-electron chi connectivity index (χ2n) is 5.52. The van der Waals surface area contributed by atoms with E-state index in [4.69, 9.17) is 0 Å². The largest absolute Gasteiger partial charge is 0.324 e. The van der Waals surface area contributed by atoms with E-state index in [1.165, 1.54) is 23.1 Å². The summed E-state index contributed by atoms with van der Waals surface area (Å²) in [7, 11) is 0. The van der Waals surface area contributed by atoms with Gasteiger partial charge in [0, 0.05) is 11.9 Å². The van der Waals surface area contributed by atoms with Crippen LogP contribution in [0.1, 0.15) is 13.3 Å². The van der Waals surface area contributed by atoms with Crippen LogP contribution in [0.25, 0.3) is 22.1 Å². The average molecular weight is 385 g/mol. The highest BCUT2D eigenvalue weighted by Gasteiger charge is 2.15. The maximum absolute atomic E-state index is 12.0. The van der Waals surface area contributed by atoms with Crippen molar-refractivity contribution >= 4 is 56.2 Å². The van der Waals surface area contributed by atoms with Crippen molar-refractivity contribution in [2.45, 2.75) is 25.0 Å². The van der Waals surface area contributed by atoms with Gasteiger partial charge < -0.3 is 4.57 Å². The Labute approximate surface area is 157 Å². The molecule has 0 aliphatic heterocycles. The van der Waals surface area contributed by atoms with Crippen LogP contribution in [0.15, 0.2) is 34.9 Å². The molecule has 26 heavy (non-hydrogen) atoms. The lowest BCUT2D eigenvalue weighted by Gasteiger charge is -2.04. The molecule has 3 heterocycles. The fraction of sp³-hybridized carbons (Fsp3) is 0.250. The Balaban J connectivity index is 1.59. The van der Waals surface area contributed by atoms with Crippen LogP contribution in [0.4, 0.5) is 5.13 Å².